The van der Waals surface area contributed by atoms with Crippen LogP contribution in [0.4, 0.5) is 0 Å². The average molecular weight is 460 g/mol. The molecule has 1 aromatic rings. The van der Waals surface area contributed by atoms with E-state index in [9.17, 15) is 40.9 Å². The molecule has 1 aromatic carbocycles. The number of methoxy groups -OCH3 is 2. The van der Waals surface area contributed by atoms with Crippen LogP contribution in [0.1, 0.15) is 10.4 Å². The number of ether oxygens (including phenoxy) is 2. The summed E-state index contributed by atoms with van der Waals surface area (Å²) in [6, 6.07) is 4.94. The van der Waals surface area contributed by atoms with Gasteiger partial charge in [-0.3, -0.25) is 13.9 Å². The molecule has 11 nitrogen and oxygen atoms in total. The summed E-state index contributed by atoms with van der Waals surface area (Å²) in [5, 5.41) is 20.0. The molecule has 0 saturated heterocycles. The van der Waals surface area contributed by atoms with Crippen LogP contribution in [0.15, 0.2) is 47.7 Å². The first-order chi connectivity index (χ1) is 12.8. The number of ketones is 1. The molecule has 29 heavy (non-hydrogen) atoms. The van der Waals surface area contributed by atoms with Crippen molar-refractivity contribution in [3.63, 3.8) is 0 Å². The van der Waals surface area contributed by atoms with E-state index in [-0.39, 0.29) is 35.6 Å². The van der Waals surface area contributed by atoms with Gasteiger partial charge >= 0.3 is 29.6 Å². The van der Waals surface area contributed by atoms with E-state index in [1.54, 1.807) is 0 Å². The number of aliphatic hydroxyl groups excluding tert-OH is 1. The van der Waals surface area contributed by atoms with Gasteiger partial charge in [-0.1, -0.05) is 12.1 Å². The summed E-state index contributed by atoms with van der Waals surface area (Å²) in [4.78, 5) is 12.7. The molecule has 0 amide bonds. The molecule has 0 heterocycles. The number of aromatic hydroxyl groups is 1. The molecule has 0 fully saturated rings. The fourth-order valence-corrected chi connectivity index (χ4v) is 5.61. The molecular weight excluding hydrogens is 443 g/mol. The molecule has 0 radical (unpaired) electrons. The van der Waals surface area contributed by atoms with Crippen LogP contribution in [0.3, 0.4) is 0 Å². The van der Waals surface area contributed by atoms with Crippen LogP contribution >= 0.6 is 0 Å². The van der Waals surface area contributed by atoms with E-state index < -0.39 is 58.5 Å². The number of para-hydroxylation sites is 1. The maximum absolute atomic E-state index is 12.7. The van der Waals surface area contributed by atoms with Gasteiger partial charge in [0.2, 0.25) is 5.79 Å². The number of allylic oxidation sites excluding steroid dienone is 1. The van der Waals surface area contributed by atoms with Crippen LogP contribution in [0, 0.1) is 0 Å². The Bertz CT molecular complexity index is 1050. The standard InChI is InChI=1S/C15H16O11S2.Na.H/c1-25-14(26-2)8-12(17)10(13(18)9-5-3-4-6-11(9)16)7-15(14,27(19,20)21)28(22,23)24;;/h3-8,16-17H,1-2H3,(H,19,20,21)(H,22,23,24);;. The molecule has 0 aliphatic heterocycles. The van der Waals surface area contributed by atoms with Gasteiger partial charge in [0, 0.05) is 20.3 Å². The summed E-state index contributed by atoms with van der Waals surface area (Å²) in [6.45, 7) is 0. The first kappa shape index (κ1) is 25.7. The van der Waals surface area contributed by atoms with E-state index in [0.29, 0.717) is 6.08 Å². The van der Waals surface area contributed by atoms with Crippen LogP contribution in [-0.4, -0.2) is 95.6 Å². The quantitative estimate of drug-likeness (QED) is 0.190. The Kier molecular flexibility index (Phi) is 7.50. The predicted octanol–water partition coefficient (Wildman–Crippen LogP) is -0.231. The van der Waals surface area contributed by atoms with E-state index in [1.165, 1.54) is 12.1 Å². The van der Waals surface area contributed by atoms with Gasteiger partial charge in [0.05, 0.1) is 11.1 Å². The van der Waals surface area contributed by atoms with Crippen LogP contribution in [-0.2, 0) is 29.7 Å². The Hall–Kier alpha value is -1.29. The van der Waals surface area contributed by atoms with Crippen LogP contribution in [0.5, 0.6) is 5.75 Å². The topological polar surface area (TPSA) is 185 Å². The van der Waals surface area contributed by atoms with Crippen LogP contribution in [0.2, 0.25) is 0 Å². The summed E-state index contributed by atoms with van der Waals surface area (Å²) in [7, 11) is -10.0. The molecule has 156 valence electrons. The Morgan fingerprint density at radius 3 is 1.83 bits per heavy atom. The fourth-order valence-electron chi connectivity index (χ4n) is 2.84. The maximum atomic E-state index is 12.7. The molecule has 0 saturated carbocycles. The molecule has 1 aliphatic carbocycles. The molecule has 4 N–H and O–H groups in total. The predicted molar refractivity (Wildman–Crippen MR) is 101 cm³/mol. The number of carbonyl (C=O) groups excluding carboxylic acids is 1. The second kappa shape index (κ2) is 8.45. The van der Waals surface area contributed by atoms with Gasteiger partial charge in [0.25, 0.3) is 24.3 Å². The second-order valence-electron chi connectivity index (χ2n) is 5.63. The molecule has 1 aliphatic rings. The number of hydrogen-bond acceptors (Lipinski definition) is 9. The van der Waals surface area contributed by atoms with Gasteiger partial charge in [-0.2, -0.15) is 16.8 Å². The third-order valence-electron chi connectivity index (χ3n) is 4.19. The van der Waals surface area contributed by atoms with Gasteiger partial charge in [0.15, 0.2) is 5.78 Å². The zero-order chi connectivity index (χ0) is 21.5. The number of phenolic OH excluding ortho intramolecular Hbond substituents is 1. The molecule has 0 bridgehead atoms. The number of rotatable bonds is 6. The van der Waals surface area contributed by atoms with Crippen molar-refractivity contribution < 1.29 is 50.4 Å². The van der Waals surface area contributed by atoms with Gasteiger partial charge in [0.1, 0.15) is 11.5 Å². The van der Waals surface area contributed by atoms with E-state index in [0.717, 1.165) is 26.4 Å². The van der Waals surface area contributed by atoms with Crippen molar-refractivity contribution in [2.45, 2.75) is 9.87 Å². The Morgan fingerprint density at radius 1 is 0.931 bits per heavy atom. The van der Waals surface area contributed by atoms with Crippen molar-refractivity contribution in [2.24, 2.45) is 0 Å². The number of aliphatic hydroxyl groups is 1. The normalized spacial score (nSPS) is 18.2. The zero-order valence-corrected chi connectivity index (χ0v) is 16.1. The average Bonchev–Trinajstić information content (AvgIpc) is 2.59. The van der Waals surface area contributed by atoms with Crippen LogP contribution in [0.25, 0.3) is 0 Å². The number of benzene rings is 1. The minimum atomic E-state index is -5.79. The summed E-state index contributed by atoms with van der Waals surface area (Å²) in [6.07, 6.45) is 0.483. The molecule has 14 heteroatoms. The van der Waals surface area contributed by atoms with E-state index in [2.05, 4.69) is 0 Å². The SMILES string of the molecule is COC1(OC)C=C(O)C(C(=O)c2ccccc2O)=CC1(S(=O)(=O)O)S(=O)(=O)O.[NaH]. The van der Waals surface area contributed by atoms with E-state index in [1.807, 2.05) is 0 Å². The van der Waals surface area contributed by atoms with Gasteiger partial charge in [-0.05, 0) is 18.2 Å². The zero-order valence-electron chi connectivity index (χ0n) is 14.4. The van der Waals surface area contributed by atoms with Crippen molar-refractivity contribution in [2.75, 3.05) is 14.2 Å². The fraction of sp³-hybridized carbons (Fsp3) is 0.267. The minimum absolute atomic E-state index is 0. The Morgan fingerprint density at radius 2 is 1.41 bits per heavy atom. The van der Waals surface area contributed by atoms with Crippen LogP contribution < -0.4 is 0 Å². The first-order valence-electron chi connectivity index (χ1n) is 7.30. The summed E-state index contributed by atoms with van der Waals surface area (Å²) in [5.41, 5.74) is -1.38. The van der Waals surface area contributed by atoms with Crippen molar-refractivity contribution in [3.05, 3.63) is 53.3 Å². The third-order valence-corrected chi connectivity index (χ3v) is 7.79. The van der Waals surface area contributed by atoms with E-state index >= 15 is 0 Å². The van der Waals surface area contributed by atoms with Crippen molar-refractivity contribution in [1.82, 2.24) is 0 Å². The first-order valence-corrected chi connectivity index (χ1v) is 10.2. The van der Waals surface area contributed by atoms with E-state index in [4.69, 9.17) is 9.47 Å². The molecule has 0 aromatic heterocycles. The van der Waals surface area contributed by atoms with Crippen molar-refractivity contribution >= 4 is 55.6 Å². The molecular formula is C15H17NaO11S2. The number of phenols is 1. The summed E-state index contributed by atoms with van der Waals surface area (Å²) < 4.78 is 73.6. The molecule has 2 rings (SSSR count). The summed E-state index contributed by atoms with van der Waals surface area (Å²) in [5.74, 6) is -5.70. The Balaban J connectivity index is 0.00000420. The monoisotopic (exact) mass is 460 g/mol. The number of hydrogen-bond donors (Lipinski definition) is 4. The molecule has 0 spiro atoms. The summed E-state index contributed by atoms with van der Waals surface area (Å²) >= 11 is 0. The third kappa shape index (κ3) is 3.89. The van der Waals surface area contributed by atoms with Gasteiger partial charge < -0.3 is 19.7 Å². The molecule has 0 unspecified atom stereocenters. The van der Waals surface area contributed by atoms with Gasteiger partial charge in [-0.15, -0.1) is 0 Å². The van der Waals surface area contributed by atoms with Gasteiger partial charge in [-0.25, -0.2) is 0 Å². The molecule has 0 atom stereocenters. The van der Waals surface area contributed by atoms with Crippen molar-refractivity contribution in [3.8, 4) is 5.75 Å². The second-order valence-corrected chi connectivity index (χ2v) is 9.07. The number of Topliss-reactive ketones (excluding diaryl/α,β-unsaturated/α-hetero) is 1. The Labute approximate surface area is 188 Å². The van der Waals surface area contributed by atoms with Crippen molar-refractivity contribution in [1.29, 1.82) is 0 Å². The number of carbonyl (C=O) groups is 1.